The summed E-state index contributed by atoms with van der Waals surface area (Å²) in [6.07, 6.45) is 5.11. The van der Waals surface area contributed by atoms with Gasteiger partial charge in [-0.25, -0.2) is 14.4 Å². The molecule has 0 atom stereocenters. The van der Waals surface area contributed by atoms with Crippen molar-refractivity contribution in [1.29, 1.82) is 0 Å². The number of nitrogens with zero attached hydrogens (tertiary/aromatic N) is 3. The van der Waals surface area contributed by atoms with Crippen molar-refractivity contribution in [3.8, 4) is 0 Å². The maximum Gasteiger partial charge on any atom is 0.262 e. The molecule has 3 aromatic heterocycles. The third-order valence-electron chi connectivity index (χ3n) is 5.27. The first kappa shape index (κ1) is 21.2. The maximum atomic E-state index is 13.3. The van der Waals surface area contributed by atoms with Crippen LogP contribution < -0.4 is 10.9 Å². The highest BCUT2D eigenvalue weighted by Gasteiger charge is 2.19. The van der Waals surface area contributed by atoms with Crippen molar-refractivity contribution in [3.63, 3.8) is 0 Å². The highest BCUT2D eigenvalue weighted by Crippen LogP contribution is 2.26. The van der Waals surface area contributed by atoms with Crippen LogP contribution in [0.1, 0.15) is 47.2 Å². The van der Waals surface area contributed by atoms with Crippen molar-refractivity contribution in [3.05, 3.63) is 57.0 Å². The van der Waals surface area contributed by atoms with Crippen molar-refractivity contribution >= 4 is 38.5 Å². The second kappa shape index (κ2) is 8.97. The molecule has 7 nitrogen and oxygen atoms in total. The topological polar surface area (TPSA) is 92.7 Å². The summed E-state index contributed by atoms with van der Waals surface area (Å²) in [6.45, 7) is 4.91. The van der Waals surface area contributed by atoms with Crippen LogP contribution in [-0.2, 0) is 13.0 Å². The molecular weight excluding hydrogens is 417 g/mol. The summed E-state index contributed by atoms with van der Waals surface area (Å²) in [6, 6.07) is 4.38. The Kier molecular flexibility index (Phi) is 6.13. The third-order valence-corrected chi connectivity index (χ3v) is 6.47. The van der Waals surface area contributed by atoms with Gasteiger partial charge in [0.05, 0.1) is 27.6 Å². The first-order chi connectivity index (χ1) is 15.0. The molecule has 0 fully saturated rings. The Labute approximate surface area is 182 Å². The number of amides is 1. The molecule has 0 bridgehead atoms. The van der Waals surface area contributed by atoms with Gasteiger partial charge in [0.25, 0.3) is 11.5 Å². The number of unbranched alkanes of at least 4 members (excludes halogenated alkanes) is 2. The lowest BCUT2D eigenvalue weighted by Gasteiger charge is -2.04. The highest BCUT2D eigenvalue weighted by molar-refractivity contribution is 7.20. The Hall–Kier alpha value is -3.07. The number of halogens is 1. The molecule has 0 aliphatic heterocycles. The summed E-state index contributed by atoms with van der Waals surface area (Å²) >= 11 is 1.23. The number of nitrogens with one attached hydrogen (secondary N) is 2. The molecule has 0 saturated carbocycles. The zero-order valence-electron chi connectivity index (χ0n) is 17.5. The molecule has 9 heteroatoms. The average Bonchev–Trinajstić information content (AvgIpc) is 3.30. The van der Waals surface area contributed by atoms with Crippen LogP contribution in [0, 0.1) is 12.7 Å². The normalized spacial score (nSPS) is 11.5. The lowest BCUT2D eigenvalue weighted by atomic mass is 10.2. The number of fused-ring (bicyclic) bond motifs is 2. The predicted octanol–water partition coefficient (Wildman–Crippen LogP) is 3.94. The number of carbonyl (C=O) groups is 1. The molecule has 0 saturated heterocycles. The summed E-state index contributed by atoms with van der Waals surface area (Å²) in [4.78, 5) is 38.5. The van der Waals surface area contributed by atoms with Crippen LogP contribution in [0.5, 0.6) is 0 Å². The Bertz CT molecular complexity index is 1310. The Morgan fingerprint density at radius 3 is 2.97 bits per heavy atom. The van der Waals surface area contributed by atoms with Crippen LogP contribution in [0.25, 0.3) is 21.3 Å². The molecule has 4 aromatic rings. The summed E-state index contributed by atoms with van der Waals surface area (Å²) in [5.74, 6) is 0.111. The monoisotopic (exact) mass is 441 g/mol. The molecule has 1 amide bonds. The predicted molar refractivity (Wildman–Crippen MR) is 120 cm³/mol. The maximum absolute atomic E-state index is 13.3. The van der Waals surface area contributed by atoms with Crippen LogP contribution in [0.2, 0.25) is 0 Å². The van der Waals surface area contributed by atoms with Crippen molar-refractivity contribution in [2.75, 3.05) is 6.54 Å². The minimum Gasteiger partial charge on any atom is -0.351 e. The van der Waals surface area contributed by atoms with Gasteiger partial charge in [-0.05, 0) is 37.1 Å². The summed E-state index contributed by atoms with van der Waals surface area (Å²) in [7, 11) is 0. The van der Waals surface area contributed by atoms with Crippen molar-refractivity contribution < 1.29 is 9.18 Å². The number of aromatic nitrogens is 4. The van der Waals surface area contributed by atoms with E-state index >= 15 is 0 Å². The fraction of sp³-hybridized carbons (Fsp3) is 0.364. The van der Waals surface area contributed by atoms with E-state index in [1.54, 1.807) is 23.9 Å². The standard InChI is InChI=1S/C22H24FN5O2S/c1-3-4-5-10-28-12-25-21-18(22(28)30)13(2)19(31-21)20(29)24-9-8-17-26-15-7-6-14(23)11-16(15)27-17/h6-7,11-12H,3-5,8-10H2,1-2H3,(H,24,29)(H,26,27). The van der Waals surface area contributed by atoms with Gasteiger partial charge in [0, 0.05) is 19.5 Å². The second-order valence-electron chi connectivity index (χ2n) is 7.54. The van der Waals surface area contributed by atoms with E-state index in [-0.39, 0.29) is 17.3 Å². The summed E-state index contributed by atoms with van der Waals surface area (Å²) in [5, 5.41) is 3.40. The van der Waals surface area contributed by atoms with Gasteiger partial charge in [0.1, 0.15) is 16.5 Å². The number of aromatic amines is 1. The van der Waals surface area contributed by atoms with E-state index in [4.69, 9.17) is 0 Å². The number of thiophene rings is 1. The third kappa shape index (κ3) is 4.36. The quantitative estimate of drug-likeness (QED) is 0.405. The van der Waals surface area contributed by atoms with Gasteiger partial charge in [-0.1, -0.05) is 19.8 Å². The van der Waals surface area contributed by atoms with Crippen molar-refractivity contribution in [1.82, 2.24) is 24.8 Å². The van der Waals surface area contributed by atoms with Crippen LogP contribution in [0.3, 0.4) is 0 Å². The van der Waals surface area contributed by atoms with Gasteiger partial charge in [0.15, 0.2) is 0 Å². The SMILES string of the molecule is CCCCCn1cnc2sc(C(=O)NCCc3nc4ccc(F)cc4[nH]3)c(C)c2c1=O. The van der Waals surface area contributed by atoms with E-state index in [1.807, 2.05) is 0 Å². The number of hydrogen-bond acceptors (Lipinski definition) is 5. The Morgan fingerprint density at radius 1 is 1.32 bits per heavy atom. The highest BCUT2D eigenvalue weighted by atomic mass is 32.1. The van der Waals surface area contributed by atoms with Gasteiger partial charge >= 0.3 is 0 Å². The number of imidazole rings is 1. The van der Waals surface area contributed by atoms with Crippen molar-refractivity contribution in [2.24, 2.45) is 0 Å². The first-order valence-electron chi connectivity index (χ1n) is 10.4. The van der Waals surface area contributed by atoms with E-state index in [0.29, 0.717) is 57.0 Å². The smallest absolute Gasteiger partial charge is 0.262 e. The fourth-order valence-corrected chi connectivity index (χ4v) is 4.65. The molecule has 0 aliphatic rings. The molecule has 162 valence electrons. The van der Waals surface area contributed by atoms with E-state index < -0.39 is 0 Å². The molecule has 0 radical (unpaired) electrons. The molecular formula is C22H24FN5O2S. The lowest BCUT2D eigenvalue weighted by Crippen LogP contribution is -2.26. The Balaban J connectivity index is 1.46. The van der Waals surface area contributed by atoms with Crippen LogP contribution in [0.4, 0.5) is 4.39 Å². The van der Waals surface area contributed by atoms with Crippen molar-refractivity contribution in [2.45, 2.75) is 46.1 Å². The van der Waals surface area contributed by atoms with Gasteiger partial charge in [-0.3, -0.25) is 14.2 Å². The lowest BCUT2D eigenvalue weighted by molar-refractivity contribution is 0.0957. The largest absolute Gasteiger partial charge is 0.351 e. The van der Waals surface area contributed by atoms with Gasteiger partial charge in [-0.2, -0.15) is 0 Å². The molecule has 3 heterocycles. The van der Waals surface area contributed by atoms with E-state index in [2.05, 4.69) is 27.2 Å². The fourth-order valence-electron chi connectivity index (χ4n) is 3.59. The second-order valence-corrected chi connectivity index (χ2v) is 8.54. The number of benzene rings is 1. The molecule has 0 spiro atoms. The van der Waals surface area contributed by atoms with Crippen LogP contribution in [-0.4, -0.2) is 32.0 Å². The zero-order chi connectivity index (χ0) is 22.0. The first-order valence-corrected chi connectivity index (χ1v) is 11.2. The van der Waals surface area contributed by atoms with Crippen LogP contribution in [0.15, 0.2) is 29.3 Å². The van der Waals surface area contributed by atoms with E-state index in [9.17, 15) is 14.0 Å². The van der Waals surface area contributed by atoms with Gasteiger partial charge in [-0.15, -0.1) is 11.3 Å². The minimum atomic E-state index is -0.325. The number of aryl methyl sites for hydroxylation is 2. The minimum absolute atomic E-state index is 0.0941. The van der Waals surface area contributed by atoms with E-state index in [0.717, 1.165) is 19.3 Å². The molecule has 0 unspecified atom stereocenters. The molecule has 0 aliphatic carbocycles. The zero-order valence-corrected chi connectivity index (χ0v) is 18.3. The molecule has 31 heavy (non-hydrogen) atoms. The van der Waals surface area contributed by atoms with Gasteiger partial charge < -0.3 is 10.3 Å². The molecule has 2 N–H and O–H groups in total. The Morgan fingerprint density at radius 2 is 2.16 bits per heavy atom. The number of hydrogen-bond donors (Lipinski definition) is 2. The average molecular weight is 442 g/mol. The number of H-pyrrole nitrogens is 1. The van der Waals surface area contributed by atoms with Gasteiger partial charge in [0.2, 0.25) is 0 Å². The number of rotatable bonds is 8. The molecule has 4 rings (SSSR count). The molecule has 1 aromatic carbocycles. The van der Waals surface area contributed by atoms with E-state index in [1.165, 1.54) is 23.5 Å². The summed E-state index contributed by atoms with van der Waals surface area (Å²) < 4.78 is 14.9. The summed E-state index contributed by atoms with van der Waals surface area (Å²) in [5.41, 5.74) is 1.88. The van der Waals surface area contributed by atoms with Crippen LogP contribution >= 0.6 is 11.3 Å². The number of carbonyl (C=O) groups excluding carboxylic acids is 1.